The van der Waals surface area contributed by atoms with Crippen LogP contribution in [0.5, 0.6) is 5.75 Å². The number of aryl methyl sites for hydroxylation is 1. The molecule has 0 fully saturated rings. The Morgan fingerprint density at radius 1 is 0.867 bits per heavy atom. The lowest BCUT2D eigenvalue weighted by Gasteiger charge is -2.38. The van der Waals surface area contributed by atoms with E-state index < -0.39 is 5.54 Å². The molecule has 0 aliphatic carbocycles. The number of hydrogen-bond donors (Lipinski definition) is 0. The number of hydrogen-bond acceptors (Lipinski definition) is 2. The van der Waals surface area contributed by atoms with Gasteiger partial charge in [0.15, 0.2) is 0 Å². The monoisotopic (exact) mass is 397 g/mol. The van der Waals surface area contributed by atoms with Gasteiger partial charge in [0, 0.05) is 16.7 Å². The molecule has 0 radical (unpaired) electrons. The lowest BCUT2D eigenvalue weighted by molar-refractivity contribution is 0.334. The van der Waals surface area contributed by atoms with Gasteiger partial charge in [-0.15, -0.1) is 0 Å². The molecule has 0 saturated heterocycles. The molecular weight excluding hydrogens is 373 g/mol. The van der Waals surface area contributed by atoms with Crippen molar-refractivity contribution in [2.24, 2.45) is 0 Å². The Kier molecular flexibility index (Phi) is 4.11. The van der Waals surface area contributed by atoms with Crippen molar-refractivity contribution in [2.75, 3.05) is 5.12 Å². The molecule has 2 aliphatic rings. The minimum atomic E-state index is -0.696. The molecule has 0 amide bonds. The molecule has 3 aromatic rings. The summed E-state index contributed by atoms with van der Waals surface area (Å²) in [4.78, 5) is 0. The lowest BCUT2D eigenvalue weighted by Crippen LogP contribution is -2.39. The van der Waals surface area contributed by atoms with E-state index in [1.807, 2.05) is 62.4 Å². The third-order valence-electron chi connectivity index (χ3n) is 5.98. The molecular formula is C27H24FNO. The topological polar surface area (TPSA) is 12.5 Å². The second kappa shape index (κ2) is 6.60. The van der Waals surface area contributed by atoms with E-state index in [0.717, 1.165) is 50.0 Å². The maximum absolute atomic E-state index is 15.3. The van der Waals surface area contributed by atoms with Crippen LogP contribution in [0.4, 0.5) is 10.2 Å². The van der Waals surface area contributed by atoms with Crippen LogP contribution in [0.15, 0.2) is 66.7 Å². The van der Waals surface area contributed by atoms with Crippen LogP contribution in [0.3, 0.4) is 0 Å². The van der Waals surface area contributed by atoms with Gasteiger partial charge >= 0.3 is 0 Å². The van der Waals surface area contributed by atoms with Crippen LogP contribution in [0.25, 0.3) is 28.5 Å². The van der Waals surface area contributed by atoms with Crippen molar-refractivity contribution in [3.63, 3.8) is 0 Å². The van der Waals surface area contributed by atoms with Crippen LogP contribution >= 0.6 is 0 Å². The predicted molar refractivity (Wildman–Crippen MR) is 123 cm³/mol. The van der Waals surface area contributed by atoms with Gasteiger partial charge in [0.2, 0.25) is 0 Å². The lowest BCUT2D eigenvalue weighted by atomic mass is 9.83. The van der Waals surface area contributed by atoms with E-state index in [1.165, 1.54) is 5.56 Å². The summed E-state index contributed by atoms with van der Waals surface area (Å²) in [5.41, 5.74) is 7.13. The standard InChI is InChI=1S/C27H24FNO/c1-17-9-5-6-10-19(17)15-24-26-21(20-11-7-8-12-23(20)30-24)13-14-22-25(26)18(2)16-27(3,4)29(22)28/h5-16H,1-4H3. The zero-order valence-electron chi connectivity index (χ0n) is 17.7. The summed E-state index contributed by atoms with van der Waals surface area (Å²) in [5.74, 6) is 1.57. The van der Waals surface area contributed by atoms with Crippen molar-refractivity contribution in [3.8, 4) is 16.9 Å². The zero-order valence-corrected chi connectivity index (χ0v) is 17.7. The van der Waals surface area contributed by atoms with Gasteiger partial charge in [-0.25, -0.2) is 5.12 Å². The molecule has 0 atom stereocenters. The highest BCUT2D eigenvalue weighted by molar-refractivity contribution is 6.00. The Balaban J connectivity index is 1.84. The number of allylic oxidation sites excluding steroid dienone is 1. The van der Waals surface area contributed by atoms with E-state index in [-0.39, 0.29) is 0 Å². The second-order valence-corrected chi connectivity index (χ2v) is 8.61. The summed E-state index contributed by atoms with van der Waals surface area (Å²) in [6, 6.07) is 20.1. The summed E-state index contributed by atoms with van der Waals surface area (Å²) in [6.07, 6.45) is 4.06. The highest BCUT2D eigenvalue weighted by Gasteiger charge is 2.36. The van der Waals surface area contributed by atoms with Crippen LogP contribution in [0, 0.1) is 6.92 Å². The molecule has 5 rings (SSSR count). The fraction of sp³-hybridized carbons (Fsp3) is 0.185. The smallest absolute Gasteiger partial charge is 0.136 e. The van der Waals surface area contributed by atoms with Gasteiger partial charge in [0.05, 0.1) is 11.2 Å². The van der Waals surface area contributed by atoms with Gasteiger partial charge in [-0.3, -0.25) is 0 Å². The SMILES string of the molecule is CC1=CC(C)(C)N(F)c2ccc3c(c21)C(=Cc1ccccc1C)Oc1ccccc1-3. The van der Waals surface area contributed by atoms with E-state index >= 15 is 4.48 Å². The van der Waals surface area contributed by atoms with Crippen LogP contribution in [-0.4, -0.2) is 5.54 Å². The van der Waals surface area contributed by atoms with E-state index in [0.29, 0.717) is 5.69 Å². The average molecular weight is 397 g/mol. The first-order chi connectivity index (χ1) is 14.4. The van der Waals surface area contributed by atoms with Crippen molar-refractivity contribution >= 4 is 23.1 Å². The van der Waals surface area contributed by atoms with Crippen LogP contribution in [-0.2, 0) is 0 Å². The Bertz CT molecular complexity index is 1240. The molecule has 2 aliphatic heterocycles. The number of ether oxygens (including phenoxy) is 1. The number of rotatable bonds is 1. The molecule has 0 N–H and O–H groups in total. The highest BCUT2D eigenvalue weighted by atomic mass is 19.2. The molecule has 0 bridgehead atoms. The number of fused-ring (bicyclic) bond motifs is 5. The number of para-hydroxylation sites is 1. The van der Waals surface area contributed by atoms with Gasteiger partial charge in [0.25, 0.3) is 0 Å². The maximum Gasteiger partial charge on any atom is 0.136 e. The van der Waals surface area contributed by atoms with Crippen molar-refractivity contribution < 1.29 is 9.22 Å². The molecule has 0 aromatic heterocycles. The summed E-state index contributed by atoms with van der Waals surface area (Å²) in [7, 11) is 0. The normalized spacial score (nSPS) is 17.6. The molecule has 30 heavy (non-hydrogen) atoms. The highest BCUT2D eigenvalue weighted by Crippen LogP contribution is 2.50. The second-order valence-electron chi connectivity index (χ2n) is 8.61. The number of halogens is 1. The van der Waals surface area contributed by atoms with E-state index in [1.54, 1.807) is 0 Å². The molecule has 150 valence electrons. The molecule has 0 unspecified atom stereocenters. The molecule has 2 nitrogen and oxygen atoms in total. The van der Waals surface area contributed by atoms with Gasteiger partial charge in [-0.1, -0.05) is 59.1 Å². The fourth-order valence-electron chi connectivity index (χ4n) is 4.54. The molecule has 3 heteroatoms. The van der Waals surface area contributed by atoms with Crippen molar-refractivity contribution in [1.82, 2.24) is 0 Å². The predicted octanol–water partition coefficient (Wildman–Crippen LogP) is 7.44. The minimum Gasteiger partial charge on any atom is -0.456 e. The first-order valence-electron chi connectivity index (χ1n) is 10.2. The molecule has 2 heterocycles. The van der Waals surface area contributed by atoms with Crippen LogP contribution < -0.4 is 9.86 Å². The quantitative estimate of drug-likeness (QED) is 0.396. The Labute approximate surface area is 176 Å². The number of anilines is 1. The minimum absolute atomic E-state index is 0.581. The van der Waals surface area contributed by atoms with E-state index in [2.05, 4.69) is 38.1 Å². The number of benzene rings is 3. The third kappa shape index (κ3) is 2.77. The molecule has 0 saturated carbocycles. The summed E-state index contributed by atoms with van der Waals surface area (Å²) >= 11 is 0. The van der Waals surface area contributed by atoms with Crippen molar-refractivity contribution in [1.29, 1.82) is 0 Å². The van der Waals surface area contributed by atoms with Crippen LogP contribution in [0.2, 0.25) is 0 Å². The first-order valence-corrected chi connectivity index (χ1v) is 10.2. The maximum atomic E-state index is 15.3. The Morgan fingerprint density at radius 3 is 2.40 bits per heavy atom. The summed E-state index contributed by atoms with van der Waals surface area (Å²) in [5, 5.41) is 0.863. The largest absolute Gasteiger partial charge is 0.456 e. The zero-order chi connectivity index (χ0) is 21.0. The van der Waals surface area contributed by atoms with E-state index in [4.69, 9.17) is 4.74 Å². The first kappa shape index (κ1) is 18.7. The van der Waals surface area contributed by atoms with E-state index in [9.17, 15) is 0 Å². The van der Waals surface area contributed by atoms with Crippen molar-refractivity contribution in [2.45, 2.75) is 33.2 Å². The molecule has 3 aromatic carbocycles. The summed E-state index contributed by atoms with van der Waals surface area (Å²) < 4.78 is 21.8. The summed E-state index contributed by atoms with van der Waals surface area (Å²) in [6.45, 7) is 7.91. The average Bonchev–Trinajstić information content (AvgIpc) is 2.72. The number of nitrogens with zero attached hydrogens (tertiary/aromatic N) is 1. The Hall–Kier alpha value is -3.33. The fourth-order valence-corrected chi connectivity index (χ4v) is 4.54. The van der Waals surface area contributed by atoms with Gasteiger partial charge in [-0.2, -0.15) is 0 Å². The van der Waals surface area contributed by atoms with Gasteiger partial charge in [0.1, 0.15) is 11.5 Å². The third-order valence-corrected chi connectivity index (χ3v) is 5.98. The Morgan fingerprint density at radius 2 is 1.60 bits per heavy atom. The van der Waals surface area contributed by atoms with Crippen LogP contribution in [0.1, 0.15) is 43.0 Å². The van der Waals surface area contributed by atoms with Crippen molar-refractivity contribution in [3.05, 3.63) is 89.0 Å². The molecule has 0 spiro atoms. The van der Waals surface area contributed by atoms with Gasteiger partial charge in [-0.05, 0) is 68.2 Å². The van der Waals surface area contributed by atoms with Gasteiger partial charge < -0.3 is 4.74 Å².